The van der Waals surface area contributed by atoms with Crippen LogP contribution < -0.4 is 10.6 Å². The molecule has 0 aliphatic carbocycles. The van der Waals surface area contributed by atoms with E-state index in [-0.39, 0.29) is 12.1 Å². The summed E-state index contributed by atoms with van der Waals surface area (Å²) in [6.07, 6.45) is 10.4. The van der Waals surface area contributed by atoms with E-state index in [9.17, 15) is 0 Å². The molecule has 2 atom stereocenters. The molecular weight excluding hydrogens is 124 g/mol. The topological polar surface area (TPSA) is 24.1 Å². The van der Waals surface area contributed by atoms with Crippen LogP contribution in [0.3, 0.4) is 0 Å². The van der Waals surface area contributed by atoms with Gasteiger partial charge < -0.3 is 10.6 Å². The Morgan fingerprint density at radius 1 is 1.00 bits per heavy atom. The van der Waals surface area contributed by atoms with E-state index in [2.05, 4.69) is 22.5 Å². The maximum atomic E-state index is 5.19. The molecule has 1 aliphatic heterocycles. The third kappa shape index (κ3) is 1.51. The first kappa shape index (κ1) is 7.15. The van der Waals surface area contributed by atoms with Crippen LogP contribution in [-0.2, 0) is 0 Å². The van der Waals surface area contributed by atoms with Gasteiger partial charge in [-0.25, -0.2) is 0 Å². The zero-order valence-electron chi connectivity index (χ0n) is 5.72. The molecule has 0 aromatic heterocycles. The van der Waals surface area contributed by atoms with Crippen LogP contribution in [0.4, 0.5) is 0 Å². The van der Waals surface area contributed by atoms with Crippen molar-refractivity contribution in [2.24, 2.45) is 0 Å². The molecule has 0 aromatic carbocycles. The highest BCUT2D eigenvalue weighted by Gasteiger charge is 2.14. The molecule has 10 heavy (non-hydrogen) atoms. The molecule has 1 rings (SSSR count). The third-order valence-corrected chi connectivity index (χ3v) is 1.54. The van der Waals surface area contributed by atoms with Crippen LogP contribution in [0.2, 0.25) is 0 Å². The maximum absolute atomic E-state index is 5.19. The van der Waals surface area contributed by atoms with Gasteiger partial charge in [-0.3, -0.25) is 0 Å². The first-order valence-electron chi connectivity index (χ1n) is 3.26. The van der Waals surface area contributed by atoms with E-state index in [1.807, 2.05) is 0 Å². The van der Waals surface area contributed by atoms with E-state index >= 15 is 0 Å². The highest BCUT2D eigenvalue weighted by molar-refractivity contribution is 5.09. The van der Waals surface area contributed by atoms with Gasteiger partial charge in [0.05, 0.1) is 12.1 Å². The molecule has 2 heteroatoms. The summed E-state index contributed by atoms with van der Waals surface area (Å²) in [5.41, 5.74) is 0. The molecule has 1 saturated heterocycles. The predicted octanol–water partition coefficient (Wildman–Crippen LogP) is -0.817. The van der Waals surface area contributed by atoms with Gasteiger partial charge in [0, 0.05) is 13.1 Å². The van der Waals surface area contributed by atoms with E-state index in [1.54, 1.807) is 0 Å². The van der Waals surface area contributed by atoms with Crippen molar-refractivity contribution >= 4 is 0 Å². The highest BCUT2D eigenvalue weighted by Crippen LogP contribution is 1.89. The van der Waals surface area contributed by atoms with Crippen molar-refractivity contribution in [3.8, 4) is 24.7 Å². The zero-order valence-corrected chi connectivity index (χ0v) is 5.72. The van der Waals surface area contributed by atoms with Gasteiger partial charge in [-0.2, -0.15) is 0 Å². The van der Waals surface area contributed by atoms with Crippen LogP contribution in [0, 0.1) is 24.7 Å². The highest BCUT2D eigenvalue weighted by atomic mass is 15.1. The molecule has 0 bridgehead atoms. The van der Waals surface area contributed by atoms with Gasteiger partial charge in [0.1, 0.15) is 0 Å². The second-order valence-electron chi connectivity index (χ2n) is 2.26. The minimum atomic E-state index is 0.143. The molecule has 1 heterocycles. The minimum Gasteiger partial charge on any atom is -0.300 e. The fourth-order valence-electron chi connectivity index (χ4n) is 0.900. The fraction of sp³-hybridized carbons (Fsp3) is 0.500. The lowest BCUT2D eigenvalue weighted by Crippen LogP contribution is -2.53. The summed E-state index contributed by atoms with van der Waals surface area (Å²) >= 11 is 0. The van der Waals surface area contributed by atoms with E-state index in [0.717, 1.165) is 13.1 Å². The molecule has 2 nitrogen and oxygen atoms in total. The Labute approximate surface area is 61.4 Å². The number of hydrogen-bond acceptors (Lipinski definition) is 2. The number of piperazine rings is 1. The molecule has 0 amide bonds. The van der Waals surface area contributed by atoms with Crippen LogP contribution in [0.1, 0.15) is 0 Å². The Morgan fingerprint density at radius 3 is 1.60 bits per heavy atom. The van der Waals surface area contributed by atoms with Gasteiger partial charge in [-0.1, -0.05) is 11.8 Å². The number of hydrogen-bond donors (Lipinski definition) is 2. The van der Waals surface area contributed by atoms with Crippen molar-refractivity contribution in [1.82, 2.24) is 10.6 Å². The Morgan fingerprint density at radius 2 is 1.40 bits per heavy atom. The summed E-state index contributed by atoms with van der Waals surface area (Å²) in [6.45, 7) is 1.54. The predicted molar refractivity (Wildman–Crippen MR) is 41.2 cm³/mol. The van der Waals surface area contributed by atoms with Crippen molar-refractivity contribution in [2.45, 2.75) is 12.1 Å². The van der Waals surface area contributed by atoms with Gasteiger partial charge in [-0.15, -0.1) is 12.8 Å². The van der Waals surface area contributed by atoms with Crippen LogP contribution in [-0.4, -0.2) is 25.2 Å². The first-order chi connectivity index (χ1) is 4.86. The largest absolute Gasteiger partial charge is 0.300 e. The molecular formula is C8H10N2. The average molecular weight is 134 g/mol. The van der Waals surface area contributed by atoms with Crippen molar-refractivity contribution in [3.05, 3.63) is 0 Å². The van der Waals surface area contributed by atoms with E-state index < -0.39 is 0 Å². The SMILES string of the molecule is C#CC1CNC(C#C)CN1. The number of terminal acetylenes is 2. The molecule has 2 unspecified atom stereocenters. The molecule has 0 aromatic rings. The average Bonchev–Trinajstić information content (AvgIpc) is 2.05. The smallest absolute Gasteiger partial charge is 0.0814 e. The van der Waals surface area contributed by atoms with Crippen LogP contribution in [0.15, 0.2) is 0 Å². The monoisotopic (exact) mass is 134 g/mol. The van der Waals surface area contributed by atoms with Gasteiger partial charge in [0.2, 0.25) is 0 Å². The van der Waals surface area contributed by atoms with E-state index in [0.29, 0.717) is 0 Å². The summed E-state index contributed by atoms with van der Waals surface area (Å²) < 4.78 is 0. The molecule has 52 valence electrons. The van der Waals surface area contributed by atoms with Crippen LogP contribution >= 0.6 is 0 Å². The normalized spacial score (nSPS) is 32.2. The van der Waals surface area contributed by atoms with E-state index in [4.69, 9.17) is 12.8 Å². The first-order valence-corrected chi connectivity index (χ1v) is 3.26. The number of nitrogens with one attached hydrogen (secondary N) is 2. The fourth-order valence-corrected chi connectivity index (χ4v) is 0.900. The second-order valence-corrected chi connectivity index (χ2v) is 2.26. The van der Waals surface area contributed by atoms with Crippen LogP contribution in [0.25, 0.3) is 0 Å². The van der Waals surface area contributed by atoms with Crippen molar-refractivity contribution in [3.63, 3.8) is 0 Å². The van der Waals surface area contributed by atoms with E-state index in [1.165, 1.54) is 0 Å². The zero-order chi connectivity index (χ0) is 7.40. The maximum Gasteiger partial charge on any atom is 0.0814 e. The molecule has 1 aliphatic rings. The molecule has 0 spiro atoms. The van der Waals surface area contributed by atoms with Crippen molar-refractivity contribution in [1.29, 1.82) is 0 Å². The second kappa shape index (κ2) is 3.27. The minimum absolute atomic E-state index is 0.143. The molecule has 0 saturated carbocycles. The number of rotatable bonds is 0. The Bertz CT molecular complexity index is 154. The van der Waals surface area contributed by atoms with Gasteiger partial charge in [0.25, 0.3) is 0 Å². The van der Waals surface area contributed by atoms with Crippen LogP contribution in [0.5, 0.6) is 0 Å². The molecule has 0 radical (unpaired) electrons. The molecule has 1 fully saturated rings. The summed E-state index contributed by atoms with van der Waals surface area (Å²) in [4.78, 5) is 0. The quantitative estimate of drug-likeness (QED) is 0.423. The van der Waals surface area contributed by atoms with Crippen molar-refractivity contribution < 1.29 is 0 Å². The lowest BCUT2D eigenvalue weighted by atomic mass is 10.2. The summed E-state index contributed by atoms with van der Waals surface area (Å²) in [7, 11) is 0. The summed E-state index contributed by atoms with van der Waals surface area (Å²) in [6, 6.07) is 0.286. The Balaban J connectivity index is 2.34. The third-order valence-electron chi connectivity index (χ3n) is 1.54. The lowest BCUT2D eigenvalue weighted by molar-refractivity contribution is 0.436. The van der Waals surface area contributed by atoms with Gasteiger partial charge in [-0.05, 0) is 0 Å². The Hall–Kier alpha value is -0.960. The van der Waals surface area contributed by atoms with Crippen molar-refractivity contribution in [2.75, 3.05) is 13.1 Å². The lowest BCUT2D eigenvalue weighted by Gasteiger charge is -2.24. The summed E-state index contributed by atoms with van der Waals surface area (Å²) in [5.74, 6) is 5.21. The van der Waals surface area contributed by atoms with Gasteiger partial charge in [0.15, 0.2) is 0 Å². The Kier molecular flexibility index (Phi) is 2.34. The summed E-state index contributed by atoms with van der Waals surface area (Å²) in [5, 5.41) is 6.26. The van der Waals surface area contributed by atoms with Gasteiger partial charge >= 0.3 is 0 Å². The molecule has 2 N–H and O–H groups in total. The standard InChI is InChI=1S/C8H10N2/c1-3-7-5-10-8(4-2)6-9-7/h1-2,7-10H,5-6H2.